The van der Waals surface area contributed by atoms with Crippen LogP contribution in [0.25, 0.3) is 0 Å². The number of nitrogens with zero attached hydrogens (tertiary/aromatic N) is 2. The molecule has 3 atom stereocenters. The Morgan fingerprint density at radius 2 is 2.07 bits per heavy atom. The van der Waals surface area contributed by atoms with Crippen molar-refractivity contribution in [3.8, 4) is 11.5 Å². The van der Waals surface area contributed by atoms with E-state index in [9.17, 15) is 14.7 Å². The van der Waals surface area contributed by atoms with Gasteiger partial charge in [0.15, 0.2) is 11.5 Å². The second-order valence-corrected chi connectivity index (χ2v) is 7.72. The molecule has 7 heteroatoms. The van der Waals surface area contributed by atoms with Gasteiger partial charge in [-0.05, 0) is 44.0 Å². The van der Waals surface area contributed by atoms with Gasteiger partial charge >= 0.3 is 5.97 Å². The number of carbonyl (C=O) groups excluding carboxylic acids is 1. The van der Waals surface area contributed by atoms with Gasteiger partial charge in [-0.3, -0.25) is 9.59 Å². The molecule has 3 aliphatic rings. The van der Waals surface area contributed by atoms with Crippen LogP contribution in [0, 0.1) is 5.92 Å². The zero-order chi connectivity index (χ0) is 19.0. The highest BCUT2D eigenvalue weighted by Gasteiger charge is 2.45. The lowest BCUT2D eigenvalue weighted by Crippen LogP contribution is -2.41. The van der Waals surface area contributed by atoms with Crippen LogP contribution in [-0.2, 0) is 9.59 Å². The number of hydrogen-bond donors (Lipinski definition) is 1. The summed E-state index contributed by atoms with van der Waals surface area (Å²) in [5.41, 5.74) is 0.968. The van der Waals surface area contributed by atoms with E-state index in [1.54, 1.807) is 0 Å². The van der Waals surface area contributed by atoms with Crippen molar-refractivity contribution in [1.82, 2.24) is 9.80 Å². The number of likely N-dealkylation sites (tertiary alicyclic amines) is 2. The number of ether oxygens (including phenoxy) is 2. The number of rotatable bonds is 5. The van der Waals surface area contributed by atoms with E-state index in [4.69, 9.17) is 9.47 Å². The van der Waals surface area contributed by atoms with Crippen LogP contribution in [0.5, 0.6) is 11.5 Å². The Bertz CT molecular complexity index is 737. The molecule has 0 aliphatic carbocycles. The van der Waals surface area contributed by atoms with E-state index in [0.717, 1.165) is 24.9 Å². The van der Waals surface area contributed by atoms with Gasteiger partial charge in [-0.2, -0.15) is 0 Å². The Morgan fingerprint density at radius 1 is 1.26 bits per heavy atom. The summed E-state index contributed by atoms with van der Waals surface area (Å²) in [6.07, 6.45) is 3.29. The molecule has 0 aromatic heterocycles. The molecule has 1 aromatic carbocycles. The number of carboxylic acids is 1. The van der Waals surface area contributed by atoms with E-state index in [0.29, 0.717) is 37.4 Å². The molecule has 2 saturated heterocycles. The molecular formula is C20H26N2O5. The molecule has 1 amide bonds. The molecule has 2 fully saturated rings. The van der Waals surface area contributed by atoms with Crippen molar-refractivity contribution in [3.05, 3.63) is 23.8 Å². The van der Waals surface area contributed by atoms with E-state index < -0.39 is 11.9 Å². The van der Waals surface area contributed by atoms with Crippen molar-refractivity contribution >= 4 is 11.9 Å². The first-order valence-electron chi connectivity index (χ1n) is 9.65. The molecule has 0 spiro atoms. The van der Waals surface area contributed by atoms with Gasteiger partial charge < -0.3 is 24.4 Å². The van der Waals surface area contributed by atoms with E-state index in [2.05, 4.69) is 4.90 Å². The smallest absolute Gasteiger partial charge is 0.308 e. The highest BCUT2D eigenvalue weighted by Crippen LogP contribution is 2.42. The van der Waals surface area contributed by atoms with E-state index >= 15 is 0 Å². The van der Waals surface area contributed by atoms with Crippen molar-refractivity contribution in [2.75, 3.05) is 33.5 Å². The fourth-order valence-electron chi connectivity index (χ4n) is 4.68. The van der Waals surface area contributed by atoms with Gasteiger partial charge in [-0.15, -0.1) is 0 Å². The molecule has 0 radical (unpaired) electrons. The van der Waals surface area contributed by atoms with Gasteiger partial charge in [0, 0.05) is 38.0 Å². The largest absolute Gasteiger partial charge is 0.481 e. The Kier molecular flexibility index (Phi) is 4.95. The van der Waals surface area contributed by atoms with Gasteiger partial charge in [-0.25, -0.2) is 0 Å². The molecule has 4 rings (SSSR count). The molecule has 1 aromatic rings. The Balaban J connectivity index is 1.50. The third-order valence-corrected chi connectivity index (χ3v) is 6.12. The topological polar surface area (TPSA) is 79.3 Å². The number of fused-ring (bicyclic) bond motifs is 1. The number of carboxylic acid groups (broad SMARTS) is 1. The van der Waals surface area contributed by atoms with Crippen LogP contribution in [0.2, 0.25) is 0 Å². The molecule has 0 bridgehead atoms. The van der Waals surface area contributed by atoms with Crippen LogP contribution < -0.4 is 9.47 Å². The number of hydrogen-bond acceptors (Lipinski definition) is 5. The first kappa shape index (κ1) is 18.1. The Hall–Kier alpha value is -2.28. The maximum atomic E-state index is 12.1. The molecule has 146 valence electrons. The molecule has 3 unspecified atom stereocenters. The monoisotopic (exact) mass is 374 g/mol. The summed E-state index contributed by atoms with van der Waals surface area (Å²) in [5.74, 6) is 0.191. The minimum Gasteiger partial charge on any atom is -0.481 e. The first-order chi connectivity index (χ1) is 13.0. The number of carbonyl (C=O) groups is 2. The average molecular weight is 374 g/mol. The van der Waals surface area contributed by atoms with Crippen LogP contribution in [-0.4, -0.2) is 66.3 Å². The Labute approximate surface area is 158 Å². The summed E-state index contributed by atoms with van der Waals surface area (Å²) in [7, 11) is 1.98. The van der Waals surface area contributed by atoms with Crippen LogP contribution in [0.1, 0.15) is 37.2 Å². The molecule has 0 saturated carbocycles. The molecule has 7 nitrogen and oxygen atoms in total. The fourth-order valence-corrected chi connectivity index (χ4v) is 4.68. The van der Waals surface area contributed by atoms with Gasteiger partial charge in [0.2, 0.25) is 12.7 Å². The van der Waals surface area contributed by atoms with E-state index in [1.807, 2.05) is 30.1 Å². The lowest BCUT2D eigenvalue weighted by molar-refractivity contribution is -0.143. The van der Waals surface area contributed by atoms with E-state index in [-0.39, 0.29) is 24.7 Å². The normalized spacial score (nSPS) is 28.0. The maximum absolute atomic E-state index is 12.1. The fraction of sp³-hybridized carbons (Fsp3) is 0.600. The van der Waals surface area contributed by atoms with Crippen LogP contribution in [0.3, 0.4) is 0 Å². The van der Waals surface area contributed by atoms with Crippen molar-refractivity contribution in [1.29, 1.82) is 0 Å². The van der Waals surface area contributed by atoms with Gasteiger partial charge in [-0.1, -0.05) is 6.07 Å². The zero-order valence-electron chi connectivity index (χ0n) is 15.6. The highest BCUT2D eigenvalue weighted by molar-refractivity contribution is 5.77. The standard InChI is InChI=1S/C20H26N2O5/c1-21-11-14(13-5-6-16-17(10-13)27-12-26-16)19(20(24)25)15(21)7-9-22-8-3-2-4-18(22)23/h5-6,10,14-15,19H,2-4,7-9,11-12H2,1H3,(H,24,25). The number of aliphatic carboxylic acids is 1. The van der Waals surface area contributed by atoms with Crippen LogP contribution >= 0.6 is 0 Å². The molecule has 3 heterocycles. The number of piperidine rings is 1. The maximum Gasteiger partial charge on any atom is 0.308 e. The number of amides is 1. The van der Waals surface area contributed by atoms with E-state index in [1.165, 1.54) is 0 Å². The lowest BCUT2D eigenvalue weighted by atomic mass is 9.84. The highest BCUT2D eigenvalue weighted by atomic mass is 16.7. The summed E-state index contributed by atoms with van der Waals surface area (Å²) < 4.78 is 10.8. The molecule has 27 heavy (non-hydrogen) atoms. The van der Waals surface area contributed by atoms with Gasteiger partial charge in [0.1, 0.15) is 0 Å². The summed E-state index contributed by atoms with van der Waals surface area (Å²) in [5, 5.41) is 9.95. The summed E-state index contributed by atoms with van der Waals surface area (Å²) >= 11 is 0. The van der Waals surface area contributed by atoms with Crippen molar-refractivity contribution in [2.24, 2.45) is 5.92 Å². The van der Waals surface area contributed by atoms with Crippen molar-refractivity contribution in [3.63, 3.8) is 0 Å². The van der Waals surface area contributed by atoms with Crippen LogP contribution in [0.15, 0.2) is 18.2 Å². The SMILES string of the molecule is CN1CC(c2ccc3c(c2)OCO3)C(C(=O)O)C1CCN1CCCCC1=O. The predicted octanol–water partition coefficient (Wildman–Crippen LogP) is 1.92. The third kappa shape index (κ3) is 3.48. The second kappa shape index (κ2) is 7.38. The van der Waals surface area contributed by atoms with Crippen LogP contribution in [0.4, 0.5) is 0 Å². The van der Waals surface area contributed by atoms with Gasteiger partial charge in [0.25, 0.3) is 0 Å². The summed E-state index contributed by atoms with van der Waals surface area (Å²) in [4.78, 5) is 28.2. The number of likely N-dealkylation sites (N-methyl/N-ethyl adjacent to an activating group) is 1. The third-order valence-electron chi connectivity index (χ3n) is 6.12. The molecular weight excluding hydrogens is 348 g/mol. The van der Waals surface area contributed by atoms with Crippen molar-refractivity contribution in [2.45, 2.75) is 37.6 Å². The Morgan fingerprint density at radius 3 is 2.85 bits per heavy atom. The second-order valence-electron chi connectivity index (χ2n) is 7.72. The van der Waals surface area contributed by atoms with Crippen molar-refractivity contribution < 1.29 is 24.2 Å². The number of benzene rings is 1. The average Bonchev–Trinajstić information content (AvgIpc) is 3.24. The summed E-state index contributed by atoms with van der Waals surface area (Å²) in [6, 6.07) is 5.62. The summed E-state index contributed by atoms with van der Waals surface area (Å²) in [6.45, 7) is 2.30. The molecule has 1 N–H and O–H groups in total. The quantitative estimate of drug-likeness (QED) is 0.848. The lowest BCUT2D eigenvalue weighted by Gasteiger charge is -2.30. The predicted molar refractivity (Wildman–Crippen MR) is 97.9 cm³/mol. The zero-order valence-corrected chi connectivity index (χ0v) is 15.6. The minimum atomic E-state index is -0.781. The first-order valence-corrected chi connectivity index (χ1v) is 9.65. The molecule has 3 aliphatic heterocycles. The minimum absolute atomic E-state index is 0.0901. The van der Waals surface area contributed by atoms with Gasteiger partial charge in [0.05, 0.1) is 5.92 Å².